The zero-order valence-corrected chi connectivity index (χ0v) is 8.88. The third-order valence-electron chi connectivity index (χ3n) is 2.01. The van der Waals surface area contributed by atoms with Crippen LogP contribution < -0.4 is 5.73 Å². The van der Waals surface area contributed by atoms with E-state index in [1.807, 2.05) is 0 Å². The average molecular weight is 218 g/mol. The van der Waals surface area contributed by atoms with E-state index in [0.29, 0.717) is 11.5 Å². The molecule has 7 heteroatoms. The maximum atomic E-state index is 11.2. The van der Waals surface area contributed by atoms with E-state index in [0.717, 1.165) is 0 Å². The first-order chi connectivity index (χ1) is 7.59. The Morgan fingerprint density at radius 2 is 1.94 bits per heavy atom. The number of carbonyl (C=O) groups excluding carboxylic acids is 1. The Morgan fingerprint density at radius 3 is 2.50 bits per heavy atom. The van der Waals surface area contributed by atoms with Gasteiger partial charge in [0.05, 0.1) is 18.1 Å². The molecular weight excluding hydrogens is 208 g/mol. The van der Waals surface area contributed by atoms with Gasteiger partial charge in [-0.05, 0) is 6.92 Å². The van der Waals surface area contributed by atoms with Gasteiger partial charge in [0.2, 0.25) is 0 Å². The fourth-order valence-corrected chi connectivity index (χ4v) is 1.30. The molecule has 7 nitrogen and oxygen atoms in total. The van der Waals surface area contributed by atoms with Gasteiger partial charge in [-0.25, -0.2) is 9.97 Å². The number of ketones is 1. The van der Waals surface area contributed by atoms with Crippen molar-refractivity contribution in [2.45, 2.75) is 13.8 Å². The summed E-state index contributed by atoms with van der Waals surface area (Å²) in [6.45, 7) is 3.11. The zero-order valence-electron chi connectivity index (χ0n) is 8.88. The number of aryl methyl sites for hydroxylation is 1. The molecule has 82 valence electrons. The molecule has 2 aromatic heterocycles. The van der Waals surface area contributed by atoms with E-state index in [1.165, 1.54) is 24.1 Å². The summed E-state index contributed by atoms with van der Waals surface area (Å²) in [5.74, 6) is 0.297. The highest BCUT2D eigenvalue weighted by Crippen LogP contribution is 2.13. The van der Waals surface area contributed by atoms with Crippen LogP contribution in [0.5, 0.6) is 0 Å². The lowest BCUT2D eigenvalue weighted by Gasteiger charge is -2.06. The number of aromatic nitrogens is 5. The number of hydrogen-bond donors (Lipinski definition) is 1. The summed E-state index contributed by atoms with van der Waals surface area (Å²) >= 11 is 0. The van der Waals surface area contributed by atoms with Crippen molar-refractivity contribution in [1.29, 1.82) is 0 Å². The number of rotatable bonds is 2. The first-order valence-electron chi connectivity index (χ1n) is 4.61. The maximum Gasteiger partial charge on any atom is 0.197 e. The van der Waals surface area contributed by atoms with Crippen molar-refractivity contribution in [3.63, 3.8) is 0 Å². The van der Waals surface area contributed by atoms with E-state index in [1.54, 1.807) is 6.92 Å². The highest BCUT2D eigenvalue weighted by molar-refractivity contribution is 5.96. The smallest absolute Gasteiger partial charge is 0.197 e. The van der Waals surface area contributed by atoms with Crippen molar-refractivity contribution >= 4 is 11.6 Å². The molecule has 0 aliphatic carbocycles. The molecule has 2 N–H and O–H groups in total. The third-order valence-corrected chi connectivity index (χ3v) is 2.01. The Kier molecular flexibility index (Phi) is 2.35. The van der Waals surface area contributed by atoms with Crippen molar-refractivity contribution in [2.75, 3.05) is 5.73 Å². The number of nitrogen functional groups attached to an aromatic ring is 1. The van der Waals surface area contributed by atoms with Crippen LogP contribution in [0, 0.1) is 6.92 Å². The minimum atomic E-state index is -0.215. The minimum Gasteiger partial charge on any atom is -0.382 e. The lowest BCUT2D eigenvalue weighted by Crippen LogP contribution is -2.13. The van der Waals surface area contributed by atoms with Crippen LogP contribution in [-0.2, 0) is 0 Å². The Bertz CT molecular complexity index is 533. The van der Waals surface area contributed by atoms with Gasteiger partial charge in [0, 0.05) is 6.92 Å². The molecule has 0 atom stereocenters. The van der Waals surface area contributed by atoms with Crippen LogP contribution in [0.1, 0.15) is 23.1 Å². The summed E-state index contributed by atoms with van der Waals surface area (Å²) in [7, 11) is 0. The van der Waals surface area contributed by atoms with E-state index in [-0.39, 0.29) is 17.3 Å². The summed E-state index contributed by atoms with van der Waals surface area (Å²) < 4.78 is 0. The summed E-state index contributed by atoms with van der Waals surface area (Å²) in [6.07, 6.45) is 3.05. The van der Waals surface area contributed by atoms with Crippen LogP contribution >= 0.6 is 0 Å². The quantitative estimate of drug-likeness (QED) is 0.720. The number of carbonyl (C=O) groups is 1. The van der Waals surface area contributed by atoms with Crippen molar-refractivity contribution in [3.8, 4) is 5.82 Å². The zero-order chi connectivity index (χ0) is 11.7. The van der Waals surface area contributed by atoms with E-state index < -0.39 is 0 Å². The molecule has 2 aromatic rings. The molecule has 0 saturated heterocycles. The highest BCUT2D eigenvalue weighted by atomic mass is 16.1. The predicted molar refractivity (Wildman–Crippen MR) is 56.1 cm³/mol. The normalized spacial score (nSPS) is 10.4. The molecule has 0 amide bonds. The number of nitrogens with two attached hydrogens (primary N) is 1. The molecule has 0 aliphatic rings. The molecule has 0 saturated carbocycles. The van der Waals surface area contributed by atoms with E-state index in [2.05, 4.69) is 20.2 Å². The first kappa shape index (κ1) is 10.2. The first-order valence-corrected chi connectivity index (χ1v) is 4.61. The average Bonchev–Trinajstić information content (AvgIpc) is 2.73. The van der Waals surface area contributed by atoms with Gasteiger partial charge in [-0.1, -0.05) is 0 Å². The van der Waals surface area contributed by atoms with Gasteiger partial charge >= 0.3 is 0 Å². The molecule has 0 aromatic carbocycles. The Balaban J connectivity index is 2.59. The van der Waals surface area contributed by atoms with Gasteiger partial charge < -0.3 is 5.73 Å². The monoisotopic (exact) mass is 218 g/mol. The summed E-state index contributed by atoms with van der Waals surface area (Å²) in [6, 6.07) is 0. The topological polar surface area (TPSA) is 99.6 Å². The molecule has 0 unspecified atom stereocenters. The lowest BCUT2D eigenvalue weighted by molar-refractivity contribution is 0.101. The van der Waals surface area contributed by atoms with Crippen LogP contribution in [0.25, 0.3) is 5.82 Å². The molecule has 0 fully saturated rings. The van der Waals surface area contributed by atoms with E-state index >= 15 is 0 Å². The van der Waals surface area contributed by atoms with Crippen molar-refractivity contribution in [1.82, 2.24) is 25.0 Å². The molecule has 2 heterocycles. The van der Waals surface area contributed by atoms with Crippen LogP contribution in [0.4, 0.5) is 5.82 Å². The fourth-order valence-electron chi connectivity index (χ4n) is 1.30. The Morgan fingerprint density at radius 1 is 1.31 bits per heavy atom. The Labute approximate surface area is 91.3 Å². The van der Waals surface area contributed by atoms with Crippen molar-refractivity contribution < 1.29 is 4.79 Å². The van der Waals surface area contributed by atoms with Gasteiger partial charge in [0.15, 0.2) is 17.4 Å². The van der Waals surface area contributed by atoms with Gasteiger partial charge in [-0.15, -0.1) is 4.80 Å². The van der Waals surface area contributed by atoms with Crippen LogP contribution in [0.3, 0.4) is 0 Å². The number of anilines is 1. The molecule has 16 heavy (non-hydrogen) atoms. The van der Waals surface area contributed by atoms with Gasteiger partial charge in [0.25, 0.3) is 0 Å². The Hall–Kier alpha value is -2.31. The summed E-state index contributed by atoms with van der Waals surface area (Å²) in [4.78, 5) is 20.7. The molecule has 0 spiro atoms. The molecule has 0 aliphatic heterocycles. The summed E-state index contributed by atoms with van der Waals surface area (Å²) in [5.41, 5.74) is 6.36. The number of nitrogens with zero attached hydrogens (tertiary/aromatic N) is 5. The molecule has 0 radical (unpaired) electrons. The van der Waals surface area contributed by atoms with Crippen LogP contribution in [-0.4, -0.2) is 30.7 Å². The second-order valence-corrected chi connectivity index (χ2v) is 3.24. The molecule has 0 bridgehead atoms. The second kappa shape index (κ2) is 3.69. The summed E-state index contributed by atoms with van der Waals surface area (Å²) in [5, 5.41) is 7.85. The fraction of sp³-hybridized carbons (Fsp3) is 0.222. The standard InChI is InChI=1S/C9H10N6O/c1-5-9(15-11-3-4-12-15)14-8(10)7(13-5)6(2)16/h3-4H,1-2H3,(H2,10,14). The highest BCUT2D eigenvalue weighted by Gasteiger charge is 2.14. The van der Waals surface area contributed by atoms with Crippen LogP contribution in [0.15, 0.2) is 12.4 Å². The van der Waals surface area contributed by atoms with E-state index in [9.17, 15) is 4.79 Å². The van der Waals surface area contributed by atoms with Gasteiger partial charge in [-0.3, -0.25) is 4.79 Å². The van der Waals surface area contributed by atoms with Crippen molar-refractivity contribution in [2.24, 2.45) is 0 Å². The number of Topliss-reactive ketones (excluding diaryl/α,β-unsaturated/α-hetero) is 1. The van der Waals surface area contributed by atoms with Crippen LogP contribution in [0.2, 0.25) is 0 Å². The van der Waals surface area contributed by atoms with Gasteiger partial charge in [-0.2, -0.15) is 10.2 Å². The van der Waals surface area contributed by atoms with E-state index in [4.69, 9.17) is 5.73 Å². The minimum absolute atomic E-state index is 0.0883. The maximum absolute atomic E-state index is 11.2. The molecular formula is C9H10N6O. The third kappa shape index (κ3) is 1.62. The predicted octanol–water partition coefficient (Wildman–Crippen LogP) is 0.151. The number of hydrogen-bond acceptors (Lipinski definition) is 6. The lowest BCUT2D eigenvalue weighted by atomic mass is 10.3. The van der Waals surface area contributed by atoms with Crippen molar-refractivity contribution in [3.05, 3.63) is 23.8 Å². The SMILES string of the molecule is CC(=O)c1nc(C)c(-n2nccn2)nc1N. The largest absolute Gasteiger partial charge is 0.382 e. The van der Waals surface area contributed by atoms with Gasteiger partial charge in [0.1, 0.15) is 5.69 Å². The molecule has 2 rings (SSSR count). The second-order valence-electron chi connectivity index (χ2n) is 3.24.